The van der Waals surface area contributed by atoms with E-state index in [9.17, 15) is 0 Å². The Morgan fingerprint density at radius 1 is 0.972 bits per heavy atom. The summed E-state index contributed by atoms with van der Waals surface area (Å²) in [4.78, 5) is 16.2. The molecule has 0 radical (unpaired) electrons. The van der Waals surface area contributed by atoms with Gasteiger partial charge in [0.25, 0.3) is 0 Å². The molecule has 0 saturated carbocycles. The third-order valence-electron chi connectivity index (χ3n) is 6.64. The number of hydrazone groups is 1. The second kappa shape index (κ2) is 10.6. The lowest BCUT2D eigenvalue weighted by molar-refractivity contribution is 0.434. The summed E-state index contributed by atoms with van der Waals surface area (Å²) in [5.41, 5.74) is 9.14. The molecule has 0 atom stereocenters. The highest BCUT2D eigenvalue weighted by molar-refractivity contribution is 5.88. The molecule has 184 valence electrons. The van der Waals surface area contributed by atoms with Gasteiger partial charge in [-0.1, -0.05) is 49.4 Å². The maximum absolute atomic E-state index is 4.75. The van der Waals surface area contributed by atoms with Crippen LogP contribution in [0.3, 0.4) is 0 Å². The van der Waals surface area contributed by atoms with E-state index in [1.54, 1.807) is 12.4 Å². The van der Waals surface area contributed by atoms with Gasteiger partial charge in [0.15, 0.2) is 0 Å². The number of rotatable bonds is 7. The van der Waals surface area contributed by atoms with Gasteiger partial charge in [-0.2, -0.15) is 25.2 Å². The van der Waals surface area contributed by atoms with Crippen molar-refractivity contribution in [1.29, 1.82) is 0 Å². The molecule has 2 aromatic heterocycles. The highest BCUT2D eigenvalue weighted by atomic mass is 15.4. The Morgan fingerprint density at radius 2 is 1.75 bits per heavy atom. The number of aryl methyl sites for hydroxylation is 1. The van der Waals surface area contributed by atoms with Crippen LogP contribution < -0.4 is 15.6 Å². The normalized spacial score (nSPS) is 14.4. The maximum Gasteiger partial charge on any atom is 0.250 e. The number of hydrogen-bond donors (Lipinski definition) is 3. The topological polar surface area (TPSA) is 107 Å². The van der Waals surface area contributed by atoms with Crippen molar-refractivity contribution in [1.82, 2.24) is 25.1 Å². The Hall–Kier alpha value is -4.27. The Balaban J connectivity index is 1.40. The van der Waals surface area contributed by atoms with Crippen LogP contribution in [0, 0.1) is 19.8 Å². The summed E-state index contributed by atoms with van der Waals surface area (Å²) in [5.74, 6) is 2.23. The number of aromatic nitrogens is 5. The highest BCUT2D eigenvalue weighted by Gasteiger charge is 2.20. The molecule has 5 rings (SSSR count). The molecule has 1 aliphatic rings. The van der Waals surface area contributed by atoms with E-state index in [1.165, 1.54) is 5.56 Å². The molecule has 3 heterocycles. The molecule has 0 amide bonds. The summed E-state index contributed by atoms with van der Waals surface area (Å²) < 4.78 is 0. The minimum absolute atomic E-state index is 0.382. The second-order valence-corrected chi connectivity index (χ2v) is 9.26. The smallest absolute Gasteiger partial charge is 0.250 e. The molecule has 1 fully saturated rings. The van der Waals surface area contributed by atoms with E-state index in [0.717, 1.165) is 54.0 Å². The first-order valence-corrected chi connectivity index (χ1v) is 12.3. The molecule has 1 aliphatic heterocycles. The maximum atomic E-state index is 4.75. The standard InChI is InChI=1S/C27H31N9/c1-18-12-14-36(15-13-18)27-32-25(30-23-11-7-8-19(2)20(23)3)31-26(33-27)35-29-17-22-16-28-34-24(22)21-9-5-4-6-10-21/h4-11,16-18H,12-15H2,1-3H3,(H,28,34)(H2,30,31,32,33,35). The Kier molecular flexibility index (Phi) is 6.88. The monoisotopic (exact) mass is 481 g/mol. The SMILES string of the molecule is Cc1cccc(Nc2nc(NN=Cc3cn[nH]c3-c3ccccc3)nc(N3CCC(C)CC3)n2)c1C. The van der Waals surface area contributed by atoms with Gasteiger partial charge in [-0.25, -0.2) is 5.43 Å². The van der Waals surface area contributed by atoms with Crippen molar-refractivity contribution in [3.63, 3.8) is 0 Å². The number of piperidine rings is 1. The number of H-pyrrole nitrogens is 1. The zero-order valence-corrected chi connectivity index (χ0v) is 20.9. The van der Waals surface area contributed by atoms with Crippen molar-refractivity contribution in [2.24, 2.45) is 11.0 Å². The third kappa shape index (κ3) is 5.35. The van der Waals surface area contributed by atoms with Gasteiger partial charge in [0.2, 0.25) is 17.8 Å². The summed E-state index contributed by atoms with van der Waals surface area (Å²) >= 11 is 0. The van der Waals surface area contributed by atoms with Gasteiger partial charge in [0.05, 0.1) is 18.1 Å². The van der Waals surface area contributed by atoms with Crippen molar-refractivity contribution in [3.8, 4) is 11.3 Å². The molecular formula is C27H31N9. The van der Waals surface area contributed by atoms with E-state index < -0.39 is 0 Å². The fourth-order valence-corrected chi connectivity index (χ4v) is 4.22. The summed E-state index contributed by atoms with van der Waals surface area (Å²) in [6.07, 6.45) is 5.70. The van der Waals surface area contributed by atoms with Crippen LogP contribution in [0.15, 0.2) is 59.8 Å². The van der Waals surface area contributed by atoms with Crippen molar-refractivity contribution in [2.45, 2.75) is 33.6 Å². The molecule has 0 spiro atoms. The van der Waals surface area contributed by atoms with Gasteiger partial charge in [0.1, 0.15) is 0 Å². The van der Waals surface area contributed by atoms with Crippen LogP contribution >= 0.6 is 0 Å². The predicted molar refractivity (Wildman–Crippen MR) is 145 cm³/mol. The zero-order valence-electron chi connectivity index (χ0n) is 20.9. The Morgan fingerprint density at radius 3 is 2.56 bits per heavy atom. The fourth-order valence-electron chi connectivity index (χ4n) is 4.22. The molecule has 1 saturated heterocycles. The Bertz CT molecular complexity index is 1340. The van der Waals surface area contributed by atoms with Crippen molar-refractivity contribution >= 4 is 29.7 Å². The van der Waals surface area contributed by atoms with Crippen molar-refractivity contribution < 1.29 is 0 Å². The second-order valence-electron chi connectivity index (χ2n) is 9.26. The van der Waals surface area contributed by atoms with Gasteiger partial charge in [0, 0.05) is 29.9 Å². The van der Waals surface area contributed by atoms with Gasteiger partial charge in [-0.3, -0.25) is 5.10 Å². The molecule has 0 bridgehead atoms. The van der Waals surface area contributed by atoms with Crippen LogP contribution in [0.4, 0.5) is 23.5 Å². The molecule has 9 nitrogen and oxygen atoms in total. The average molecular weight is 482 g/mol. The lowest BCUT2D eigenvalue weighted by atomic mass is 10.00. The van der Waals surface area contributed by atoms with Crippen molar-refractivity contribution in [2.75, 3.05) is 28.7 Å². The molecule has 3 N–H and O–H groups in total. The summed E-state index contributed by atoms with van der Waals surface area (Å²) in [6, 6.07) is 16.2. The zero-order chi connectivity index (χ0) is 24.9. The quantitative estimate of drug-likeness (QED) is 0.243. The summed E-state index contributed by atoms with van der Waals surface area (Å²) in [5, 5.41) is 15.0. The lowest BCUT2D eigenvalue weighted by Crippen LogP contribution is -2.34. The largest absolute Gasteiger partial charge is 0.341 e. The van der Waals surface area contributed by atoms with Gasteiger partial charge < -0.3 is 10.2 Å². The van der Waals surface area contributed by atoms with Crippen LogP contribution in [-0.2, 0) is 0 Å². The first-order valence-electron chi connectivity index (χ1n) is 12.3. The third-order valence-corrected chi connectivity index (χ3v) is 6.64. The van der Waals surface area contributed by atoms with E-state index >= 15 is 0 Å². The average Bonchev–Trinajstić information content (AvgIpc) is 3.36. The number of hydrogen-bond acceptors (Lipinski definition) is 8. The van der Waals surface area contributed by atoms with Crippen molar-refractivity contribution in [3.05, 3.63) is 71.4 Å². The molecule has 2 aromatic carbocycles. The number of anilines is 4. The van der Waals surface area contributed by atoms with E-state index in [0.29, 0.717) is 23.8 Å². The minimum atomic E-state index is 0.382. The van der Waals surface area contributed by atoms with Gasteiger partial charge in [-0.15, -0.1) is 0 Å². The fraction of sp³-hybridized carbons (Fsp3) is 0.296. The van der Waals surface area contributed by atoms with Gasteiger partial charge in [-0.05, 0) is 49.8 Å². The molecule has 0 aliphatic carbocycles. The van der Waals surface area contributed by atoms with E-state index in [4.69, 9.17) is 4.98 Å². The molecule has 36 heavy (non-hydrogen) atoms. The minimum Gasteiger partial charge on any atom is -0.341 e. The van der Waals surface area contributed by atoms with E-state index in [-0.39, 0.29) is 0 Å². The van der Waals surface area contributed by atoms with Crippen LogP contribution in [0.5, 0.6) is 0 Å². The van der Waals surface area contributed by atoms with Crippen LogP contribution in [0.25, 0.3) is 11.3 Å². The predicted octanol–water partition coefficient (Wildman–Crippen LogP) is 5.30. The highest BCUT2D eigenvalue weighted by Crippen LogP contribution is 2.25. The number of aromatic amines is 1. The summed E-state index contributed by atoms with van der Waals surface area (Å²) in [7, 11) is 0. The van der Waals surface area contributed by atoms with E-state index in [2.05, 4.69) is 67.7 Å². The first-order chi connectivity index (χ1) is 17.6. The Labute approximate surface area is 211 Å². The summed E-state index contributed by atoms with van der Waals surface area (Å²) in [6.45, 7) is 8.32. The van der Waals surface area contributed by atoms with Gasteiger partial charge >= 0.3 is 0 Å². The molecule has 0 unspecified atom stereocenters. The first kappa shape index (κ1) is 23.5. The molecular weight excluding hydrogens is 450 g/mol. The number of benzene rings is 2. The lowest BCUT2D eigenvalue weighted by Gasteiger charge is -2.30. The molecule has 9 heteroatoms. The number of nitrogens with zero attached hydrogens (tertiary/aromatic N) is 6. The van der Waals surface area contributed by atoms with Crippen LogP contribution in [0.2, 0.25) is 0 Å². The number of nitrogens with one attached hydrogen (secondary N) is 3. The van der Waals surface area contributed by atoms with E-state index in [1.807, 2.05) is 42.5 Å². The molecule has 4 aromatic rings. The van der Waals surface area contributed by atoms with Crippen LogP contribution in [-0.4, -0.2) is 44.5 Å². The van der Waals surface area contributed by atoms with Crippen LogP contribution in [0.1, 0.15) is 36.5 Å².